The number of rotatable bonds is 2. The van der Waals surface area contributed by atoms with Crippen molar-refractivity contribution in [2.75, 3.05) is 30.0 Å². The molecular weight excluding hydrogens is 320 g/mol. The predicted molar refractivity (Wildman–Crippen MR) is 96.2 cm³/mol. The number of nitrogen functional groups attached to an aromatic ring is 2. The lowest BCUT2D eigenvalue weighted by atomic mass is 10.2. The molecule has 4 rings (SSSR count). The number of aryl methyl sites for hydroxylation is 1. The van der Waals surface area contributed by atoms with Gasteiger partial charge in [-0.1, -0.05) is 0 Å². The molecule has 5 N–H and O–H groups in total. The Morgan fingerprint density at radius 3 is 2.64 bits per heavy atom. The summed E-state index contributed by atoms with van der Waals surface area (Å²) in [5.74, 6) is 2.53. The van der Waals surface area contributed by atoms with Gasteiger partial charge in [0.15, 0.2) is 17.1 Å². The highest BCUT2D eigenvalue weighted by Gasteiger charge is 2.13. The van der Waals surface area contributed by atoms with Gasteiger partial charge in [0.1, 0.15) is 11.6 Å². The summed E-state index contributed by atoms with van der Waals surface area (Å²) in [6.07, 6.45) is 0.866. The molecule has 0 radical (unpaired) electrons. The average Bonchev–Trinajstić information content (AvgIpc) is 2.78. The molecule has 25 heavy (non-hydrogen) atoms. The van der Waals surface area contributed by atoms with Gasteiger partial charge >= 0.3 is 0 Å². The van der Waals surface area contributed by atoms with E-state index in [1.807, 2.05) is 31.2 Å². The van der Waals surface area contributed by atoms with Crippen LogP contribution in [0.3, 0.4) is 0 Å². The van der Waals surface area contributed by atoms with E-state index < -0.39 is 0 Å². The molecule has 0 fully saturated rings. The number of benzene rings is 1. The molecule has 8 heteroatoms. The topological polar surface area (TPSA) is 121 Å². The van der Waals surface area contributed by atoms with E-state index in [9.17, 15) is 0 Å². The smallest absolute Gasteiger partial charge is 0.224 e. The van der Waals surface area contributed by atoms with E-state index in [-0.39, 0.29) is 5.95 Å². The Bertz CT molecular complexity index is 960. The summed E-state index contributed by atoms with van der Waals surface area (Å²) in [4.78, 5) is 12.6. The molecule has 1 aliphatic rings. The summed E-state index contributed by atoms with van der Waals surface area (Å²) in [5, 5.41) is 3.96. The fourth-order valence-electron chi connectivity index (χ4n) is 2.82. The first-order valence-corrected chi connectivity index (χ1v) is 7.97. The monoisotopic (exact) mass is 338 g/mol. The quantitative estimate of drug-likeness (QED) is 0.651. The van der Waals surface area contributed by atoms with Gasteiger partial charge in [-0.2, -0.15) is 9.97 Å². The third kappa shape index (κ3) is 2.93. The maximum absolute atomic E-state index is 5.93. The van der Waals surface area contributed by atoms with Crippen LogP contribution in [0.5, 0.6) is 11.5 Å². The molecule has 1 aromatic carbocycles. The lowest BCUT2D eigenvalue weighted by Gasteiger charge is -2.12. The van der Waals surface area contributed by atoms with Crippen LogP contribution >= 0.6 is 0 Å². The number of hydrogen-bond acceptors (Lipinski definition) is 8. The van der Waals surface area contributed by atoms with Crippen molar-refractivity contribution in [1.82, 2.24) is 15.0 Å². The Morgan fingerprint density at radius 1 is 1.00 bits per heavy atom. The molecule has 3 aromatic rings. The number of nitrogens with zero attached hydrogens (tertiary/aromatic N) is 3. The summed E-state index contributed by atoms with van der Waals surface area (Å²) in [6, 6.07) is 7.58. The Morgan fingerprint density at radius 2 is 1.80 bits per heavy atom. The zero-order valence-electron chi connectivity index (χ0n) is 13.7. The SMILES string of the molecule is Cc1cc(Nc2ccc3c(c2)OCCCO3)nc2nc(N)nc(N)c12. The highest BCUT2D eigenvalue weighted by molar-refractivity contribution is 5.90. The van der Waals surface area contributed by atoms with Crippen molar-refractivity contribution in [3.05, 3.63) is 29.8 Å². The standard InChI is InChI=1S/C17H18N6O2/c1-9-7-13(21-16-14(9)15(18)22-17(19)23-16)20-10-3-4-11-12(8-10)25-6-2-5-24-11/h3-4,7-8H,2,5-6H2,1H3,(H5,18,19,20,21,22,23). The van der Waals surface area contributed by atoms with E-state index in [0.717, 1.165) is 29.2 Å². The Labute approximate surface area is 144 Å². The lowest BCUT2D eigenvalue weighted by Crippen LogP contribution is -2.04. The van der Waals surface area contributed by atoms with Crippen molar-refractivity contribution in [3.8, 4) is 11.5 Å². The molecule has 0 bridgehead atoms. The Kier molecular flexibility index (Phi) is 3.64. The van der Waals surface area contributed by atoms with Crippen molar-refractivity contribution >= 4 is 34.3 Å². The zero-order valence-corrected chi connectivity index (χ0v) is 13.7. The van der Waals surface area contributed by atoms with Crippen LogP contribution in [0.25, 0.3) is 11.0 Å². The van der Waals surface area contributed by atoms with Crippen molar-refractivity contribution in [2.24, 2.45) is 0 Å². The molecule has 8 nitrogen and oxygen atoms in total. The Balaban J connectivity index is 1.70. The van der Waals surface area contributed by atoms with E-state index in [2.05, 4.69) is 20.3 Å². The second-order valence-corrected chi connectivity index (χ2v) is 5.83. The molecule has 3 heterocycles. The summed E-state index contributed by atoms with van der Waals surface area (Å²) in [6.45, 7) is 3.23. The van der Waals surface area contributed by atoms with E-state index >= 15 is 0 Å². The van der Waals surface area contributed by atoms with Gasteiger partial charge in [-0.3, -0.25) is 0 Å². The fourth-order valence-corrected chi connectivity index (χ4v) is 2.82. The minimum Gasteiger partial charge on any atom is -0.490 e. The molecule has 1 aliphatic heterocycles. The number of nitrogens with two attached hydrogens (primary N) is 2. The number of ether oxygens (including phenoxy) is 2. The molecule has 0 atom stereocenters. The minimum absolute atomic E-state index is 0.102. The molecule has 0 aliphatic carbocycles. The third-order valence-corrected chi connectivity index (χ3v) is 3.93. The summed E-state index contributed by atoms with van der Waals surface area (Å²) < 4.78 is 11.4. The normalized spacial score (nSPS) is 13.5. The van der Waals surface area contributed by atoms with Gasteiger partial charge < -0.3 is 26.3 Å². The van der Waals surface area contributed by atoms with Crippen LogP contribution in [0.4, 0.5) is 23.3 Å². The zero-order chi connectivity index (χ0) is 17.4. The second-order valence-electron chi connectivity index (χ2n) is 5.83. The number of aromatic nitrogens is 3. The molecule has 0 unspecified atom stereocenters. The minimum atomic E-state index is 0.102. The summed E-state index contributed by atoms with van der Waals surface area (Å²) in [7, 11) is 0. The van der Waals surface area contributed by atoms with Gasteiger partial charge in [0.2, 0.25) is 5.95 Å². The highest BCUT2D eigenvalue weighted by atomic mass is 16.5. The number of fused-ring (bicyclic) bond motifs is 2. The van der Waals surface area contributed by atoms with Gasteiger partial charge in [-0.25, -0.2) is 4.98 Å². The molecule has 0 saturated carbocycles. The van der Waals surface area contributed by atoms with Gasteiger partial charge in [-0.05, 0) is 30.7 Å². The van der Waals surface area contributed by atoms with Crippen LogP contribution < -0.4 is 26.3 Å². The molecule has 0 amide bonds. The van der Waals surface area contributed by atoms with E-state index in [1.54, 1.807) is 0 Å². The fraction of sp³-hybridized carbons (Fsp3) is 0.235. The number of pyridine rings is 1. The molecule has 2 aromatic heterocycles. The first-order chi connectivity index (χ1) is 12.1. The molecule has 0 spiro atoms. The molecule has 128 valence electrons. The maximum Gasteiger partial charge on any atom is 0.224 e. The van der Waals surface area contributed by atoms with Crippen molar-refractivity contribution < 1.29 is 9.47 Å². The van der Waals surface area contributed by atoms with Crippen molar-refractivity contribution in [1.29, 1.82) is 0 Å². The first-order valence-electron chi connectivity index (χ1n) is 7.97. The second kappa shape index (κ2) is 5.97. The Hall–Kier alpha value is -3.29. The summed E-state index contributed by atoms with van der Waals surface area (Å²) in [5.41, 5.74) is 13.8. The van der Waals surface area contributed by atoms with Crippen LogP contribution in [-0.4, -0.2) is 28.2 Å². The van der Waals surface area contributed by atoms with E-state index in [4.69, 9.17) is 20.9 Å². The lowest BCUT2D eigenvalue weighted by molar-refractivity contribution is 0.297. The molecular formula is C17H18N6O2. The van der Waals surface area contributed by atoms with Gasteiger partial charge in [-0.15, -0.1) is 0 Å². The van der Waals surface area contributed by atoms with Gasteiger partial charge in [0.25, 0.3) is 0 Å². The molecule has 0 saturated heterocycles. The van der Waals surface area contributed by atoms with Crippen LogP contribution in [0.1, 0.15) is 12.0 Å². The van der Waals surface area contributed by atoms with Gasteiger partial charge in [0, 0.05) is 18.2 Å². The van der Waals surface area contributed by atoms with E-state index in [0.29, 0.717) is 35.9 Å². The van der Waals surface area contributed by atoms with Crippen LogP contribution in [0, 0.1) is 6.92 Å². The van der Waals surface area contributed by atoms with Crippen molar-refractivity contribution in [3.63, 3.8) is 0 Å². The average molecular weight is 338 g/mol. The number of hydrogen-bond donors (Lipinski definition) is 3. The van der Waals surface area contributed by atoms with Crippen LogP contribution in [0.2, 0.25) is 0 Å². The number of nitrogens with one attached hydrogen (secondary N) is 1. The van der Waals surface area contributed by atoms with Crippen LogP contribution in [-0.2, 0) is 0 Å². The van der Waals surface area contributed by atoms with Crippen LogP contribution in [0.15, 0.2) is 24.3 Å². The predicted octanol–water partition coefficient (Wildman–Crippen LogP) is 2.40. The first kappa shape index (κ1) is 15.3. The third-order valence-electron chi connectivity index (χ3n) is 3.93. The van der Waals surface area contributed by atoms with Crippen molar-refractivity contribution in [2.45, 2.75) is 13.3 Å². The maximum atomic E-state index is 5.93. The van der Waals surface area contributed by atoms with Gasteiger partial charge in [0.05, 0.1) is 18.6 Å². The summed E-state index contributed by atoms with van der Waals surface area (Å²) >= 11 is 0. The van der Waals surface area contributed by atoms with E-state index in [1.165, 1.54) is 0 Å². The number of anilines is 4. The largest absolute Gasteiger partial charge is 0.490 e. The highest BCUT2D eigenvalue weighted by Crippen LogP contribution is 2.33.